The van der Waals surface area contributed by atoms with Crippen molar-refractivity contribution in [1.29, 1.82) is 0 Å². The van der Waals surface area contributed by atoms with Gasteiger partial charge in [0.2, 0.25) is 0 Å². The van der Waals surface area contributed by atoms with Gasteiger partial charge in [0.25, 0.3) is 0 Å². The van der Waals surface area contributed by atoms with E-state index in [-0.39, 0.29) is 0 Å². The van der Waals surface area contributed by atoms with E-state index in [1.165, 1.54) is 104 Å². The average Bonchev–Trinajstić information content (AvgIpc) is 3.44. The van der Waals surface area contributed by atoms with Crippen LogP contribution in [0.5, 0.6) is 0 Å². The van der Waals surface area contributed by atoms with Crippen LogP contribution in [-0.4, -0.2) is 0 Å². The van der Waals surface area contributed by atoms with Crippen molar-refractivity contribution in [2.45, 2.75) is 43.4 Å². The molecule has 0 bridgehead atoms. The Morgan fingerprint density at radius 2 is 1.00 bits per heavy atom. The summed E-state index contributed by atoms with van der Waals surface area (Å²) in [6, 6.07) is 57.0. The molecule has 3 aliphatic rings. The van der Waals surface area contributed by atoms with Crippen LogP contribution >= 0.6 is 0 Å². The molecule has 1 unspecified atom stereocenters. The molecule has 7 aromatic rings. The van der Waals surface area contributed by atoms with E-state index < -0.39 is 5.41 Å². The van der Waals surface area contributed by atoms with Crippen molar-refractivity contribution in [3.63, 3.8) is 0 Å². The molecule has 1 heteroatoms. The second-order valence-electron chi connectivity index (χ2n) is 14.0. The zero-order valence-electron chi connectivity index (χ0n) is 27.0. The van der Waals surface area contributed by atoms with Crippen LogP contribution in [0.1, 0.15) is 65.8 Å². The predicted octanol–water partition coefficient (Wildman–Crippen LogP) is 12.6. The minimum absolute atomic E-state index is 0.401. The predicted molar refractivity (Wildman–Crippen MR) is 201 cm³/mol. The second kappa shape index (κ2) is 10.8. The van der Waals surface area contributed by atoms with Crippen LogP contribution in [0, 0.1) is 0 Å². The summed E-state index contributed by atoms with van der Waals surface area (Å²) < 4.78 is 0. The first-order valence-corrected chi connectivity index (χ1v) is 17.6. The third-order valence-electron chi connectivity index (χ3n) is 11.5. The molecule has 0 radical (unpaired) electrons. The molecule has 1 saturated carbocycles. The molecule has 0 saturated heterocycles. The first kappa shape index (κ1) is 27.7. The van der Waals surface area contributed by atoms with E-state index in [1.807, 2.05) is 0 Å². The van der Waals surface area contributed by atoms with E-state index in [2.05, 4.69) is 157 Å². The lowest BCUT2D eigenvalue weighted by molar-refractivity contribution is 0.443. The molecular weight excluding hydrogens is 579 g/mol. The monoisotopic (exact) mass is 615 g/mol. The van der Waals surface area contributed by atoms with Crippen molar-refractivity contribution >= 4 is 22.1 Å². The summed E-state index contributed by atoms with van der Waals surface area (Å²) in [6.45, 7) is 0. The molecule has 3 aliphatic carbocycles. The summed E-state index contributed by atoms with van der Waals surface area (Å²) in [5, 5.41) is 6.44. The molecule has 1 fully saturated rings. The number of hydrogen-bond acceptors (Lipinski definition) is 1. The van der Waals surface area contributed by atoms with Crippen LogP contribution < -0.4 is 5.32 Å². The van der Waals surface area contributed by atoms with Crippen LogP contribution in [0.15, 0.2) is 152 Å². The quantitative estimate of drug-likeness (QED) is 0.208. The topological polar surface area (TPSA) is 12.0 Å². The summed E-state index contributed by atoms with van der Waals surface area (Å²) >= 11 is 0. The molecule has 0 amide bonds. The van der Waals surface area contributed by atoms with Gasteiger partial charge in [-0.1, -0.05) is 147 Å². The SMILES string of the molecule is c1ccc2c(c1)-c1ccc(Nc3ccc(-c4ccc(C5CCCCC5)cc4)cc3)cc1C21c2ccccc2-c2cccc3cccc1c23. The van der Waals surface area contributed by atoms with Gasteiger partial charge in [0.1, 0.15) is 0 Å². The highest BCUT2D eigenvalue weighted by molar-refractivity contribution is 6.07. The minimum atomic E-state index is -0.401. The Morgan fingerprint density at radius 3 is 1.73 bits per heavy atom. The van der Waals surface area contributed by atoms with Gasteiger partial charge in [-0.25, -0.2) is 0 Å². The van der Waals surface area contributed by atoms with Crippen LogP contribution in [0.25, 0.3) is 44.2 Å². The average molecular weight is 616 g/mol. The normalized spacial score (nSPS) is 17.6. The van der Waals surface area contributed by atoms with Crippen molar-refractivity contribution in [2.75, 3.05) is 5.32 Å². The Labute approximate surface area is 282 Å². The number of anilines is 2. The number of nitrogens with one attached hydrogen (secondary N) is 1. The van der Waals surface area contributed by atoms with E-state index in [4.69, 9.17) is 0 Å². The highest BCUT2D eigenvalue weighted by atomic mass is 14.9. The van der Waals surface area contributed by atoms with Gasteiger partial charge in [-0.05, 0) is 115 Å². The lowest BCUT2D eigenvalue weighted by atomic mass is 9.61. The van der Waals surface area contributed by atoms with Crippen molar-refractivity contribution in [2.24, 2.45) is 0 Å². The van der Waals surface area contributed by atoms with Gasteiger partial charge in [-0.15, -0.1) is 0 Å². The summed E-state index contributed by atoms with van der Waals surface area (Å²) in [6.07, 6.45) is 6.82. The van der Waals surface area contributed by atoms with Crippen LogP contribution in [0.4, 0.5) is 11.4 Å². The fourth-order valence-corrected chi connectivity index (χ4v) is 9.30. The molecule has 7 aromatic carbocycles. The summed E-state index contributed by atoms with van der Waals surface area (Å²) in [5.74, 6) is 0.739. The third-order valence-corrected chi connectivity index (χ3v) is 11.5. The fraction of sp³-hybridized carbons (Fsp3) is 0.149. The molecule has 0 heterocycles. The maximum atomic E-state index is 3.78. The van der Waals surface area contributed by atoms with E-state index in [1.54, 1.807) is 0 Å². The van der Waals surface area contributed by atoms with Gasteiger partial charge in [0.15, 0.2) is 0 Å². The smallest absolute Gasteiger partial charge is 0.0726 e. The number of hydrogen-bond donors (Lipinski definition) is 1. The molecule has 0 aromatic heterocycles. The lowest BCUT2D eigenvalue weighted by Gasteiger charge is -2.40. The molecule has 1 spiro atoms. The van der Waals surface area contributed by atoms with Gasteiger partial charge < -0.3 is 5.32 Å². The van der Waals surface area contributed by atoms with Gasteiger partial charge in [-0.2, -0.15) is 0 Å². The molecule has 0 aliphatic heterocycles. The Hall–Kier alpha value is -5.40. The van der Waals surface area contributed by atoms with Crippen LogP contribution in [0.3, 0.4) is 0 Å². The highest BCUT2D eigenvalue weighted by Crippen LogP contribution is 2.62. The van der Waals surface area contributed by atoms with Gasteiger partial charge in [0.05, 0.1) is 5.41 Å². The first-order valence-electron chi connectivity index (χ1n) is 17.6. The number of rotatable bonds is 4. The van der Waals surface area contributed by atoms with E-state index in [9.17, 15) is 0 Å². The third kappa shape index (κ3) is 4.04. The summed E-state index contributed by atoms with van der Waals surface area (Å²) in [7, 11) is 0. The molecule has 1 atom stereocenters. The number of fused-ring (bicyclic) bond motifs is 9. The van der Waals surface area contributed by atoms with Crippen LogP contribution in [0.2, 0.25) is 0 Å². The Balaban J connectivity index is 1.05. The van der Waals surface area contributed by atoms with Gasteiger partial charge in [0, 0.05) is 11.4 Å². The maximum Gasteiger partial charge on any atom is 0.0726 e. The molecule has 1 N–H and O–H groups in total. The summed E-state index contributed by atoms with van der Waals surface area (Å²) in [4.78, 5) is 0. The second-order valence-corrected chi connectivity index (χ2v) is 14.0. The highest BCUT2D eigenvalue weighted by Gasteiger charge is 2.50. The molecule has 10 rings (SSSR count). The molecule has 1 nitrogen and oxygen atoms in total. The van der Waals surface area contributed by atoms with Crippen molar-refractivity contribution in [3.8, 4) is 33.4 Å². The Morgan fingerprint density at radius 1 is 0.438 bits per heavy atom. The Bertz CT molecular complexity index is 2330. The lowest BCUT2D eigenvalue weighted by Crippen LogP contribution is -2.31. The fourth-order valence-electron chi connectivity index (χ4n) is 9.30. The summed E-state index contributed by atoms with van der Waals surface area (Å²) in [5.41, 5.74) is 16.6. The molecule has 230 valence electrons. The molecule has 48 heavy (non-hydrogen) atoms. The zero-order valence-corrected chi connectivity index (χ0v) is 27.0. The number of benzene rings is 7. The van der Waals surface area contributed by atoms with Crippen molar-refractivity contribution in [3.05, 3.63) is 179 Å². The standard InChI is InChI=1S/C47H37N/c1-2-10-31(11-3-1)32-20-22-33(23-21-32)34-24-26-36(27-25-34)48-37-28-29-40-38-14-4-6-17-42(38)47(45(40)30-37)43-18-7-5-15-39(43)41-16-8-12-35-13-9-19-44(47)46(35)41/h4-9,12-31,48H,1-3,10-11H2. The van der Waals surface area contributed by atoms with E-state index in [0.29, 0.717) is 0 Å². The minimum Gasteiger partial charge on any atom is -0.356 e. The first-order chi connectivity index (χ1) is 23.8. The van der Waals surface area contributed by atoms with Gasteiger partial charge in [-0.3, -0.25) is 0 Å². The molecular formula is C47H37N. The van der Waals surface area contributed by atoms with Crippen molar-refractivity contribution < 1.29 is 0 Å². The van der Waals surface area contributed by atoms with E-state index in [0.717, 1.165) is 17.3 Å². The Kier molecular flexibility index (Phi) is 6.24. The largest absolute Gasteiger partial charge is 0.356 e. The zero-order chi connectivity index (χ0) is 31.7. The van der Waals surface area contributed by atoms with Crippen molar-refractivity contribution in [1.82, 2.24) is 0 Å². The van der Waals surface area contributed by atoms with Gasteiger partial charge >= 0.3 is 0 Å². The maximum absolute atomic E-state index is 3.78. The van der Waals surface area contributed by atoms with Crippen LogP contribution in [-0.2, 0) is 5.41 Å². The van der Waals surface area contributed by atoms with E-state index >= 15 is 0 Å².